The Bertz CT molecular complexity index is 2750. The van der Waals surface area contributed by atoms with Crippen molar-refractivity contribution in [3.05, 3.63) is 143 Å². The summed E-state index contributed by atoms with van der Waals surface area (Å²) < 4.78 is 85.3. The van der Waals surface area contributed by atoms with E-state index in [2.05, 4.69) is 45.4 Å². The minimum absolute atomic E-state index is 0.0170. The van der Waals surface area contributed by atoms with Crippen LogP contribution in [-0.4, -0.2) is 64.3 Å². The number of allylic oxidation sites excluding steroid dienone is 2. The average Bonchev–Trinajstić information content (AvgIpc) is 3.31. The minimum Gasteiger partial charge on any atom is -0.371 e. The molecule has 0 atom stereocenters. The summed E-state index contributed by atoms with van der Waals surface area (Å²) in [5.41, 5.74) is 2.14. The van der Waals surface area contributed by atoms with Gasteiger partial charge in [-0.3, -0.25) is 0 Å². The lowest BCUT2D eigenvalue weighted by molar-refractivity contribution is -0.150. The number of amidine groups is 3. The van der Waals surface area contributed by atoms with E-state index in [1.54, 1.807) is 12.4 Å². The summed E-state index contributed by atoms with van der Waals surface area (Å²) in [7, 11) is 0. The Morgan fingerprint density at radius 1 is 0.561 bits per heavy atom. The molecular formula is C49H45F6N11. The Morgan fingerprint density at radius 3 is 1.64 bits per heavy atom. The van der Waals surface area contributed by atoms with E-state index in [1.807, 2.05) is 84.9 Å². The highest BCUT2D eigenvalue weighted by atomic mass is 19.4. The first-order chi connectivity index (χ1) is 31.8. The number of alkyl halides is 6. The first kappa shape index (κ1) is 44.1. The molecule has 0 saturated carbocycles. The first-order valence-electron chi connectivity index (χ1n) is 21.9. The second-order valence-electron chi connectivity index (χ2n) is 16.4. The molecule has 9 rings (SSSR count). The van der Waals surface area contributed by atoms with Crippen molar-refractivity contribution in [2.24, 2.45) is 20.0 Å². The number of hydrogen-bond acceptors (Lipinski definition) is 11. The first-order valence-corrected chi connectivity index (χ1v) is 21.9. The lowest BCUT2D eigenvalue weighted by Crippen LogP contribution is -2.29. The molecule has 0 spiro atoms. The highest BCUT2D eigenvalue weighted by molar-refractivity contribution is 6.22. The molecule has 2 aromatic carbocycles. The maximum Gasteiger partial charge on any atom is 0.433 e. The van der Waals surface area contributed by atoms with Crippen LogP contribution in [0.1, 0.15) is 79.9 Å². The van der Waals surface area contributed by atoms with Crippen molar-refractivity contribution in [1.29, 1.82) is 0 Å². The van der Waals surface area contributed by atoms with E-state index in [4.69, 9.17) is 9.98 Å². The fourth-order valence-electron chi connectivity index (χ4n) is 8.41. The highest BCUT2D eigenvalue weighted by Crippen LogP contribution is 2.38. The van der Waals surface area contributed by atoms with Crippen molar-refractivity contribution in [2.75, 3.05) is 46.6 Å². The molecule has 4 aliphatic rings. The number of anilines is 6. The number of piperidine rings is 2. The monoisotopic (exact) mass is 901 g/mol. The number of nitrogens with zero attached hydrogens (tertiary/aromatic N) is 9. The van der Waals surface area contributed by atoms with Crippen molar-refractivity contribution >= 4 is 63.3 Å². The van der Waals surface area contributed by atoms with E-state index in [9.17, 15) is 26.3 Å². The maximum atomic E-state index is 14.2. The molecule has 4 aliphatic heterocycles. The van der Waals surface area contributed by atoms with E-state index in [0.717, 1.165) is 76.1 Å². The number of nitrogens with one attached hydrogen (secondary N) is 2. The number of hydrogen-bond donors (Lipinski definition) is 2. The molecule has 2 bridgehead atoms. The molecule has 0 unspecified atom stereocenters. The van der Waals surface area contributed by atoms with Gasteiger partial charge in [0.15, 0.2) is 5.84 Å². The summed E-state index contributed by atoms with van der Waals surface area (Å²) in [6, 6.07) is 24.1. The standard InChI is InChI=1S/C49H45F6N11/c1-31-58-38(36-16-14-34(65-20-8-2-9-21-65)29-40(36)60-44-12-4-6-18-56-44)24-32-25-39(37-17-15-35(66-22-10-3-11-23-66)30-41(37)61-45-13-5-7-19-57-45)62-46(26-32)64-47(59-31)33-27-42(48(50,51)52)63-43(28-33)49(53,54)55/h4-7,12-19,24-25,27-30H,2-3,8-11,20-23,26H2,1H3,(H,56,60)(H,57,61)/b32-24?,38-24-,58-31-,58-38?,59-31?,59-47-,64-46-,64-47?. The maximum absolute atomic E-state index is 14.2. The molecule has 0 amide bonds. The Balaban J connectivity index is 1.24. The molecular weight excluding hydrogens is 857 g/mol. The minimum atomic E-state index is -5.21. The number of aliphatic imine (C=N–C) groups is 4. The number of aromatic nitrogens is 3. The van der Waals surface area contributed by atoms with Crippen LogP contribution >= 0.6 is 0 Å². The van der Waals surface area contributed by atoms with Gasteiger partial charge in [0, 0.05) is 73.1 Å². The van der Waals surface area contributed by atoms with Crippen molar-refractivity contribution in [1.82, 2.24) is 15.0 Å². The van der Waals surface area contributed by atoms with E-state index in [0.29, 0.717) is 63.3 Å². The van der Waals surface area contributed by atoms with Gasteiger partial charge in [-0.1, -0.05) is 12.1 Å². The smallest absolute Gasteiger partial charge is 0.371 e. The van der Waals surface area contributed by atoms with Crippen LogP contribution in [0.3, 0.4) is 0 Å². The predicted octanol–water partition coefficient (Wildman–Crippen LogP) is 11.8. The van der Waals surface area contributed by atoms with Crippen LogP contribution in [0, 0.1) is 0 Å². The van der Waals surface area contributed by atoms with Gasteiger partial charge in [-0.25, -0.2) is 34.9 Å². The van der Waals surface area contributed by atoms with Crippen LogP contribution in [0.25, 0.3) is 5.70 Å². The second-order valence-corrected chi connectivity index (χ2v) is 16.4. The normalized spacial score (nSPS) is 20.3. The molecule has 11 nitrogen and oxygen atoms in total. The fraction of sp³-hybridized carbons (Fsp3) is 0.286. The molecule has 0 aliphatic carbocycles. The van der Waals surface area contributed by atoms with Crippen LogP contribution in [0.2, 0.25) is 0 Å². The summed E-state index contributed by atoms with van der Waals surface area (Å²) in [6.45, 7) is 5.11. The van der Waals surface area contributed by atoms with Crippen LogP contribution in [-0.2, 0) is 12.4 Å². The molecule has 3 aromatic heterocycles. The number of fused-ring (bicyclic) bond motifs is 2. The van der Waals surface area contributed by atoms with Crippen LogP contribution < -0.4 is 20.4 Å². The zero-order chi connectivity index (χ0) is 45.8. The van der Waals surface area contributed by atoms with Gasteiger partial charge in [0.05, 0.1) is 22.8 Å². The predicted molar refractivity (Wildman–Crippen MR) is 249 cm³/mol. The van der Waals surface area contributed by atoms with E-state index >= 15 is 0 Å². The molecule has 7 heterocycles. The van der Waals surface area contributed by atoms with Crippen molar-refractivity contribution in [2.45, 2.75) is 64.2 Å². The van der Waals surface area contributed by atoms with Gasteiger partial charge in [-0.2, -0.15) is 26.3 Å². The molecule has 2 N–H and O–H groups in total. The van der Waals surface area contributed by atoms with Gasteiger partial charge in [0.1, 0.15) is 34.7 Å². The summed E-state index contributed by atoms with van der Waals surface area (Å²) in [5, 5.41) is 6.92. The Labute approximate surface area is 377 Å². The van der Waals surface area contributed by atoms with Gasteiger partial charge < -0.3 is 20.4 Å². The second kappa shape index (κ2) is 18.7. The number of halogens is 6. The van der Waals surface area contributed by atoms with Crippen LogP contribution in [0.4, 0.5) is 60.7 Å². The third-order valence-electron chi connectivity index (χ3n) is 11.6. The van der Waals surface area contributed by atoms with Crippen molar-refractivity contribution in [3.8, 4) is 0 Å². The number of rotatable bonds is 9. The van der Waals surface area contributed by atoms with E-state index < -0.39 is 35.1 Å². The third-order valence-corrected chi connectivity index (χ3v) is 11.6. The zero-order valence-corrected chi connectivity index (χ0v) is 36.0. The van der Waals surface area contributed by atoms with Gasteiger partial charge in [-0.05, 0) is 136 Å². The van der Waals surface area contributed by atoms with E-state index in [1.165, 1.54) is 6.92 Å². The lowest BCUT2D eigenvalue weighted by Gasteiger charge is -2.30. The fourth-order valence-corrected chi connectivity index (χ4v) is 8.41. The Kier molecular flexibility index (Phi) is 12.5. The van der Waals surface area contributed by atoms with Crippen LogP contribution in [0.15, 0.2) is 135 Å². The molecule has 2 fully saturated rings. The Morgan fingerprint density at radius 2 is 1.11 bits per heavy atom. The van der Waals surface area contributed by atoms with E-state index in [-0.39, 0.29) is 18.1 Å². The van der Waals surface area contributed by atoms with Crippen molar-refractivity contribution in [3.63, 3.8) is 0 Å². The summed E-state index contributed by atoms with van der Waals surface area (Å²) in [4.78, 5) is 35.7. The Hall–Kier alpha value is -7.17. The topological polar surface area (TPSA) is 119 Å². The highest BCUT2D eigenvalue weighted by Gasteiger charge is 2.39. The zero-order valence-electron chi connectivity index (χ0n) is 36.0. The van der Waals surface area contributed by atoms with Crippen LogP contribution in [0.5, 0.6) is 0 Å². The largest absolute Gasteiger partial charge is 0.433 e. The quantitative estimate of drug-likeness (QED) is 0.141. The lowest BCUT2D eigenvalue weighted by atomic mass is 9.97. The van der Waals surface area contributed by atoms with Gasteiger partial charge in [0.2, 0.25) is 0 Å². The van der Waals surface area contributed by atoms with Crippen molar-refractivity contribution < 1.29 is 26.3 Å². The summed E-state index contributed by atoms with van der Waals surface area (Å²) in [6.07, 6.45) is 3.32. The molecule has 2 saturated heterocycles. The third kappa shape index (κ3) is 10.3. The molecule has 5 aromatic rings. The van der Waals surface area contributed by atoms with Gasteiger partial charge >= 0.3 is 12.4 Å². The summed E-state index contributed by atoms with van der Waals surface area (Å²) >= 11 is 0. The number of pyridine rings is 3. The molecule has 338 valence electrons. The molecule has 0 radical (unpaired) electrons. The molecule has 17 heteroatoms. The number of benzene rings is 2. The average molecular weight is 902 g/mol. The SMILES string of the molecule is CC1=N/C(c2ccc(N3CCCCC3)cc2Nc2ccccn2)=C\C2=CC(c3ccc(N4CCCCC4)cc3Nc3ccccn3)=N\C(=N/C(c3cc(C(F)(F)F)nc(C(F)(F)F)c3)=N\1)C2. The van der Waals surface area contributed by atoms with Gasteiger partial charge in [-0.15, -0.1) is 0 Å². The number of dihydropyridines is 1. The molecule has 66 heavy (non-hydrogen) atoms. The summed E-state index contributed by atoms with van der Waals surface area (Å²) in [5.74, 6) is 0.829. The van der Waals surface area contributed by atoms with Gasteiger partial charge in [0.25, 0.3) is 0 Å².